The minimum Gasteiger partial charge on any atom is -0.392 e. The van der Waals surface area contributed by atoms with Crippen LogP contribution in [0, 0.1) is 22.7 Å². The molecule has 2 heterocycles. The molecule has 0 aromatic carbocycles. The Labute approximate surface area is 121 Å². The monoisotopic (exact) mass is 281 g/mol. The summed E-state index contributed by atoms with van der Waals surface area (Å²) in [5.74, 6) is 0.832. The van der Waals surface area contributed by atoms with Crippen molar-refractivity contribution >= 4 is 5.91 Å². The molecule has 114 valence electrons. The molecule has 1 saturated carbocycles. The van der Waals surface area contributed by atoms with Crippen molar-refractivity contribution in [2.75, 3.05) is 19.8 Å². The van der Waals surface area contributed by atoms with Crippen molar-refractivity contribution < 1.29 is 14.6 Å². The molecule has 0 unspecified atom stereocenters. The standard InChI is InChI=1S/C16H27NO3/c1-10(2)16(8-20-9-16)14(19)17-7-5-6-11-12(17)15(3,4)13(11)18/h10-13,18H,5-9H2,1-4H3/t11-,12+,13-/m0/s1. The Morgan fingerprint density at radius 2 is 2.00 bits per heavy atom. The summed E-state index contributed by atoms with van der Waals surface area (Å²) in [4.78, 5) is 15.2. The van der Waals surface area contributed by atoms with Gasteiger partial charge in [0.05, 0.1) is 24.7 Å². The van der Waals surface area contributed by atoms with Crippen molar-refractivity contribution in [2.45, 2.75) is 52.7 Å². The van der Waals surface area contributed by atoms with Crippen LogP contribution in [0.4, 0.5) is 0 Å². The summed E-state index contributed by atoms with van der Waals surface area (Å²) in [7, 11) is 0. The van der Waals surface area contributed by atoms with E-state index in [4.69, 9.17) is 4.74 Å². The Morgan fingerprint density at radius 3 is 2.50 bits per heavy atom. The highest BCUT2D eigenvalue weighted by Gasteiger charge is 2.62. The molecule has 2 saturated heterocycles. The van der Waals surface area contributed by atoms with Gasteiger partial charge in [-0.1, -0.05) is 27.7 Å². The van der Waals surface area contributed by atoms with Gasteiger partial charge in [-0.3, -0.25) is 4.79 Å². The lowest BCUT2D eigenvalue weighted by molar-refractivity contribution is -0.220. The van der Waals surface area contributed by atoms with Crippen LogP contribution >= 0.6 is 0 Å². The molecule has 3 fully saturated rings. The fourth-order valence-corrected chi connectivity index (χ4v) is 4.46. The second kappa shape index (κ2) is 4.44. The Balaban J connectivity index is 1.84. The molecule has 1 N–H and O–H groups in total. The largest absolute Gasteiger partial charge is 0.392 e. The number of aliphatic hydroxyl groups excluding tert-OH is 1. The summed E-state index contributed by atoms with van der Waals surface area (Å²) in [6.45, 7) is 10.4. The third-order valence-electron chi connectivity index (χ3n) is 6.12. The van der Waals surface area contributed by atoms with E-state index in [2.05, 4.69) is 32.6 Å². The number of aliphatic hydroxyl groups is 1. The highest BCUT2D eigenvalue weighted by Crippen LogP contribution is 2.53. The number of rotatable bonds is 2. The number of amides is 1. The maximum Gasteiger partial charge on any atom is 0.234 e. The quantitative estimate of drug-likeness (QED) is 0.837. The number of nitrogens with zero attached hydrogens (tertiary/aromatic N) is 1. The summed E-state index contributed by atoms with van der Waals surface area (Å²) in [6.07, 6.45) is 1.79. The molecule has 2 aliphatic heterocycles. The lowest BCUT2D eigenvalue weighted by atomic mass is 9.54. The van der Waals surface area contributed by atoms with E-state index in [0.29, 0.717) is 19.1 Å². The predicted octanol–water partition coefficient (Wildman–Crippen LogP) is 1.67. The maximum absolute atomic E-state index is 13.1. The number of ether oxygens (including phenoxy) is 1. The number of hydrogen-bond acceptors (Lipinski definition) is 3. The number of carbonyl (C=O) groups is 1. The van der Waals surface area contributed by atoms with Gasteiger partial charge in [-0.05, 0) is 18.8 Å². The van der Waals surface area contributed by atoms with Gasteiger partial charge in [0.15, 0.2) is 0 Å². The van der Waals surface area contributed by atoms with E-state index in [-0.39, 0.29) is 34.8 Å². The third kappa shape index (κ3) is 1.64. The predicted molar refractivity (Wildman–Crippen MR) is 76.1 cm³/mol. The number of carbonyl (C=O) groups excluding carboxylic acids is 1. The second-order valence-corrected chi connectivity index (χ2v) is 7.82. The lowest BCUT2D eigenvalue weighted by Crippen LogP contribution is -2.73. The van der Waals surface area contributed by atoms with Crippen molar-refractivity contribution in [1.29, 1.82) is 0 Å². The van der Waals surface area contributed by atoms with Crippen LogP contribution in [0.1, 0.15) is 40.5 Å². The van der Waals surface area contributed by atoms with Gasteiger partial charge in [-0.15, -0.1) is 0 Å². The molecule has 0 bridgehead atoms. The minimum atomic E-state index is -0.321. The minimum absolute atomic E-state index is 0.177. The molecule has 0 aromatic heterocycles. The lowest BCUT2D eigenvalue weighted by Gasteiger charge is -2.63. The summed E-state index contributed by atoms with van der Waals surface area (Å²) >= 11 is 0. The smallest absolute Gasteiger partial charge is 0.234 e. The average molecular weight is 281 g/mol. The van der Waals surface area contributed by atoms with Crippen molar-refractivity contribution in [3.63, 3.8) is 0 Å². The second-order valence-electron chi connectivity index (χ2n) is 7.82. The highest BCUT2D eigenvalue weighted by atomic mass is 16.5. The summed E-state index contributed by atoms with van der Waals surface area (Å²) in [5.41, 5.74) is -0.498. The molecule has 20 heavy (non-hydrogen) atoms. The summed E-state index contributed by atoms with van der Waals surface area (Å²) < 4.78 is 5.37. The van der Waals surface area contributed by atoms with Crippen LogP contribution < -0.4 is 0 Å². The van der Waals surface area contributed by atoms with Crippen LogP contribution in [-0.2, 0) is 9.53 Å². The first kappa shape index (κ1) is 14.3. The number of fused-ring (bicyclic) bond motifs is 1. The van der Waals surface area contributed by atoms with Crippen LogP contribution in [0.2, 0.25) is 0 Å². The first-order valence-electron chi connectivity index (χ1n) is 7.89. The number of hydrogen-bond donors (Lipinski definition) is 1. The molecular formula is C16H27NO3. The average Bonchev–Trinajstić information content (AvgIpc) is 2.35. The van der Waals surface area contributed by atoms with E-state index in [9.17, 15) is 9.90 Å². The normalized spacial score (nSPS) is 37.9. The summed E-state index contributed by atoms with van der Waals surface area (Å²) in [6, 6.07) is 0.204. The summed E-state index contributed by atoms with van der Waals surface area (Å²) in [5, 5.41) is 10.3. The van der Waals surface area contributed by atoms with Gasteiger partial charge in [0, 0.05) is 23.9 Å². The van der Waals surface area contributed by atoms with Gasteiger partial charge >= 0.3 is 0 Å². The molecule has 4 heteroatoms. The van der Waals surface area contributed by atoms with E-state index < -0.39 is 0 Å². The van der Waals surface area contributed by atoms with E-state index in [1.54, 1.807) is 0 Å². The van der Waals surface area contributed by atoms with Crippen LogP contribution in [0.5, 0.6) is 0 Å². The first-order valence-corrected chi connectivity index (χ1v) is 7.89. The van der Waals surface area contributed by atoms with Crippen molar-refractivity contribution in [1.82, 2.24) is 4.90 Å². The third-order valence-corrected chi connectivity index (χ3v) is 6.12. The van der Waals surface area contributed by atoms with Gasteiger partial charge in [0.1, 0.15) is 0 Å². The number of piperidine rings is 1. The fraction of sp³-hybridized carbons (Fsp3) is 0.938. The van der Waals surface area contributed by atoms with Gasteiger partial charge in [-0.2, -0.15) is 0 Å². The molecule has 3 rings (SSSR count). The Hall–Kier alpha value is -0.610. The first-order chi connectivity index (χ1) is 9.32. The number of likely N-dealkylation sites (tertiary alicyclic amines) is 1. The van der Waals surface area contributed by atoms with E-state index in [0.717, 1.165) is 19.4 Å². The van der Waals surface area contributed by atoms with Crippen molar-refractivity contribution in [2.24, 2.45) is 22.7 Å². The molecule has 3 atom stereocenters. The maximum atomic E-state index is 13.1. The van der Waals surface area contributed by atoms with Gasteiger partial charge in [0.2, 0.25) is 5.91 Å². The molecule has 3 aliphatic rings. The van der Waals surface area contributed by atoms with E-state index in [1.165, 1.54) is 0 Å². The molecular weight excluding hydrogens is 254 g/mol. The zero-order valence-electron chi connectivity index (χ0n) is 13.1. The van der Waals surface area contributed by atoms with Crippen LogP contribution in [0.3, 0.4) is 0 Å². The Morgan fingerprint density at radius 1 is 1.35 bits per heavy atom. The van der Waals surface area contributed by atoms with Crippen molar-refractivity contribution in [3.05, 3.63) is 0 Å². The topological polar surface area (TPSA) is 49.8 Å². The van der Waals surface area contributed by atoms with Gasteiger partial charge < -0.3 is 14.7 Å². The van der Waals surface area contributed by atoms with Crippen LogP contribution in [-0.4, -0.2) is 47.8 Å². The van der Waals surface area contributed by atoms with Crippen LogP contribution in [0.25, 0.3) is 0 Å². The van der Waals surface area contributed by atoms with E-state index in [1.807, 2.05) is 0 Å². The molecule has 0 aromatic rings. The zero-order chi connectivity index (χ0) is 14.7. The molecule has 0 radical (unpaired) electrons. The highest BCUT2D eigenvalue weighted by molar-refractivity contribution is 5.85. The van der Waals surface area contributed by atoms with E-state index >= 15 is 0 Å². The van der Waals surface area contributed by atoms with Crippen molar-refractivity contribution in [3.8, 4) is 0 Å². The van der Waals surface area contributed by atoms with Gasteiger partial charge in [0.25, 0.3) is 0 Å². The van der Waals surface area contributed by atoms with Gasteiger partial charge in [-0.25, -0.2) is 0 Å². The molecule has 4 nitrogen and oxygen atoms in total. The molecule has 0 spiro atoms. The van der Waals surface area contributed by atoms with Crippen LogP contribution in [0.15, 0.2) is 0 Å². The molecule has 1 amide bonds. The fourth-order valence-electron chi connectivity index (χ4n) is 4.46. The Bertz CT molecular complexity index is 414. The molecule has 1 aliphatic carbocycles. The zero-order valence-corrected chi connectivity index (χ0v) is 13.1. The SMILES string of the molecule is CC(C)C1(C(=O)N2CCC[C@@H]3[C@H](O)C(C)(C)[C@@H]32)COC1. The Kier molecular flexibility index (Phi) is 3.18.